The fourth-order valence-corrected chi connectivity index (χ4v) is 3.30. The normalized spacial score (nSPS) is 18.9. The van der Waals surface area contributed by atoms with Crippen LogP contribution < -0.4 is 5.32 Å². The van der Waals surface area contributed by atoms with E-state index in [0.29, 0.717) is 11.5 Å². The minimum atomic E-state index is 0.367. The molecule has 1 fully saturated rings. The third kappa shape index (κ3) is 2.15. The quantitative estimate of drug-likeness (QED) is 0.895. The van der Waals surface area contributed by atoms with Crippen molar-refractivity contribution in [2.24, 2.45) is 5.41 Å². The van der Waals surface area contributed by atoms with Gasteiger partial charge in [-0.05, 0) is 51.7 Å². The lowest BCUT2D eigenvalue weighted by Gasteiger charge is -2.33. The molecule has 4 nitrogen and oxygen atoms in total. The van der Waals surface area contributed by atoms with Crippen molar-refractivity contribution in [3.63, 3.8) is 0 Å². The Balaban J connectivity index is 1.99. The van der Waals surface area contributed by atoms with E-state index >= 15 is 0 Å². The second-order valence-electron chi connectivity index (χ2n) is 5.84. The maximum absolute atomic E-state index is 5.44. The highest BCUT2D eigenvalue weighted by molar-refractivity contribution is 5.73. The number of hydrogen-bond donors (Lipinski definition) is 1. The van der Waals surface area contributed by atoms with Crippen LogP contribution in [0, 0.1) is 5.41 Å². The molecule has 0 radical (unpaired) electrons. The van der Waals surface area contributed by atoms with Crippen LogP contribution in [-0.2, 0) is 0 Å². The summed E-state index contributed by atoms with van der Waals surface area (Å²) in [6.07, 6.45) is 4.08. The summed E-state index contributed by atoms with van der Waals surface area (Å²) < 4.78 is 5.44. The average Bonchev–Trinajstić information content (AvgIpc) is 2.98. The molecule has 1 saturated carbocycles. The van der Waals surface area contributed by atoms with Gasteiger partial charge in [0.15, 0.2) is 12.0 Å². The predicted octanol–water partition coefficient (Wildman–Crippen LogP) is 2.43. The van der Waals surface area contributed by atoms with Gasteiger partial charge in [0, 0.05) is 18.0 Å². The zero-order valence-corrected chi connectivity index (χ0v) is 11.8. The smallest absolute Gasteiger partial charge is 0.181 e. The number of nitrogens with one attached hydrogen (secondary N) is 1. The Labute approximate surface area is 113 Å². The second-order valence-corrected chi connectivity index (χ2v) is 5.84. The predicted molar refractivity (Wildman–Crippen MR) is 76.0 cm³/mol. The van der Waals surface area contributed by atoms with Crippen molar-refractivity contribution in [1.29, 1.82) is 0 Å². The lowest BCUT2D eigenvalue weighted by atomic mass is 9.89. The van der Waals surface area contributed by atoms with E-state index in [1.165, 1.54) is 24.8 Å². The first-order chi connectivity index (χ1) is 9.16. The Morgan fingerprint density at radius 2 is 2.21 bits per heavy atom. The molecule has 0 aliphatic heterocycles. The Morgan fingerprint density at radius 1 is 1.42 bits per heavy atom. The first kappa shape index (κ1) is 12.6. The van der Waals surface area contributed by atoms with Gasteiger partial charge in [0.2, 0.25) is 0 Å². The van der Waals surface area contributed by atoms with Crippen LogP contribution in [0.25, 0.3) is 11.1 Å². The van der Waals surface area contributed by atoms with Gasteiger partial charge in [0.1, 0.15) is 5.52 Å². The molecule has 4 heteroatoms. The number of rotatable bonds is 5. The number of hydrogen-bond acceptors (Lipinski definition) is 4. The van der Waals surface area contributed by atoms with Gasteiger partial charge in [0.25, 0.3) is 0 Å². The standard InChI is InChI=1S/C15H21N3O/c1-16-9-15(6-7-15)14(18(2)3)11-4-5-12-13(8-11)19-10-17-12/h4-5,8,10,14,16H,6-7,9H2,1-3H3. The maximum atomic E-state index is 5.44. The van der Waals surface area contributed by atoms with Gasteiger partial charge in [0.05, 0.1) is 0 Å². The highest BCUT2D eigenvalue weighted by atomic mass is 16.3. The van der Waals surface area contributed by atoms with Crippen LogP contribution in [0.4, 0.5) is 0 Å². The largest absolute Gasteiger partial charge is 0.443 e. The molecule has 0 bridgehead atoms. The van der Waals surface area contributed by atoms with Crippen molar-refractivity contribution in [2.45, 2.75) is 18.9 Å². The minimum absolute atomic E-state index is 0.367. The Bertz CT molecular complexity index is 572. The van der Waals surface area contributed by atoms with Crippen molar-refractivity contribution in [3.05, 3.63) is 30.2 Å². The molecule has 1 aliphatic rings. The molecule has 0 saturated heterocycles. The van der Waals surface area contributed by atoms with Crippen molar-refractivity contribution >= 4 is 11.1 Å². The van der Waals surface area contributed by atoms with Crippen molar-refractivity contribution in [2.75, 3.05) is 27.7 Å². The van der Waals surface area contributed by atoms with Crippen LogP contribution in [0.3, 0.4) is 0 Å². The molecule has 1 aliphatic carbocycles. The molecule has 1 aromatic carbocycles. The monoisotopic (exact) mass is 259 g/mol. The molecule has 102 valence electrons. The number of oxazole rings is 1. The molecule has 1 aromatic heterocycles. The van der Waals surface area contributed by atoms with Gasteiger partial charge in [-0.2, -0.15) is 0 Å². The minimum Gasteiger partial charge on any atom is -0.443 e. The van der Waals surface area contributed by atoms with E-state index in [9.17, 15) is 0 Å². The number of benzene rings is 1. The van der Waals surface area contributed by atoms with Gasteiger partial charge in [-0.3, -0.25) is 0 Å². The zero-order chi connectivity index (χ0) is 13.5. The molecule has 0 spiro atoms. The van der Waals surface area contributed by atoms with Crippen molar-refractivity contribution in [3.8, 4) is 0 Å². The SMILES string of the molecule is CNCC1(C(c2ccc3ncoc3c2)N(C)C)CC1. The molecule has 1 heterocycles. The molecule has 3 rings (SSSR count). The fraction of sp³-hybridized carbons (Fsp3) is 0.533. The summed E-state index contributed by atoms with van der Waals surface area (Å²) in [5.41, 5.74) is 3.50. The van der Waals surface area contributed by atoms with Crippen LogP contribution in [0.5, 0.6) is 0 Å². The topological polar surface area (TPSA) is 41.3 Å². The lowest BCUT2D eigenvalue weighted by molar-refractivity contribution is 0.191. The van der Waals surface area contributed by atoms with Gasteiger partial charge in [-0.15, -0.1) is 0 Å². The Morgan fingerprint density at radius 3 is 2.84 bits per heavy atom. The fourth-order valence-electron chi connectivity index (χ4n) is 3.30. The summed E-state index contributed by atoms with van der Waals surface area (Å²) in [4.78, 5) is 6.51. The lowest BCUT2D eigenvalue weighted by Crippen LogP contribution is -2.34. The maximum Gasteiger partial charge on any atom is 0.181 e. The number of aromatic nitrogens is 1. The van der Waals surface area contributed by atoms with Crippen LogP contribution >= 0.6 is 0 Å². The van der Waals surface area contributed by atoms with E-state index in [1.807, 2.05) is 7.05 Å². The highest BCUT2D eigenvalue weighted by Gasteiger charge is 2.50. The van der Waals surface area contributed by atoms with Crippen LogP contribution in [-0.4, -0.2) is 37.6 Å². The van der Waals surface area contributed by atoms with E-state index in [1.54, 1.807) is 0 Å². The van der Waals surface area contributed by atoms with Crippen molar-refractivity contribution < 1.29 is 4.42 Å². The Kier molecular flexibility index (Phi) is 3.07. The molecule has 2 aromatic rings. The zero-order valence-electron chi connectivity index (χ0n) is 11.8. The summed E-state index contributed by atoms with van der Waals surface area (Å²) in [7, 11) is 6.35. The first-order valence-corrected chi connectivity index (χ1v) is 6.80. The van der Waals surface area contributed by atoms with Gasteiger partial charge in [-0.1, -0.05) is 6.07 Å². The molecule has 1 unspecified atom stereocenters. The molecule has 19 heavy (non-hydrogen) atoms. The first-order valence-electron chi connectivity index (χ1n) is 6.80. The summed E-state index contributed by atoms with van der Waals surface area (Å²) in [6.45, 7) is 1.06. The third-order valence-corrected chi connectivity index (χ3v) is 4.19. The van der Waals surface area contributed by atoms with Crippen LogP contribution in [0.1, 0.15) is 24.4 Å². The number of nitrogens with zero attached hydrogens (tertiary/aromatic N) is 2. The summed E-state index contributed by atoms with van der Waals surface area (Å²) in [5, 5.41) is 3.35. The third-order valence-electron chi connectivity index (χ3n) is 4.19. The highest BCUT2D eigenvalue weighted by Crippen LogP contribution is 2.56. The van der Waals surface area contributed by atoms with E-state index < -0.39 is 0 Å². The van der Waals surface area contributed by atoms with E-state index in [-0.39, 0.29) is 0 Å². The van der Waals surface area contributed by atoms with E-state index in [2.05, 4.69) is 47.5 Å². The molecule has 0 amide bonds. The molecule has 1 atom stereocenters. The molecule has 1 N–H and O–H groups in total. The van der Waals surface area contributed by atoms with Gasteiger partial charge >= 0.3 is 0 Å². The van der Waals surface area contributed by atoms with E-state index in [4.69, 9.17) is 4.42 Å². The molecular formula is C15H21N3O. The van der Waals surface area contributed by atoms with Crippen LogP contribution in [0.2, 0.25) is 0 Å². The van der Waals surface area contributed by atoms with Crippen LogP contribution in [0.15, 0.2) is 29.0 Å². The average molecular weight is 259 g/mol. The summed E-state index contributed by atoms with van der Waals surface area (Å²) in [5.74, 6) is 0. The Hall–Kier alpha value is -1.39. The number of fused-ring (bicyclic) bond motifs is 1. The molecular weight excluding hydrogens is 238 g/mol. The summed E-state index contributed by atoms with van der Waals surface area (Å²) >= 11 is 0. The second kappa shape index (κ2) is 4.62. The van der Waals surface area contributed by atoms with Gasteiger partial charge in [-0.25, -0.2) is 4.98 Å². The summed E-state index contributed by atoms with van der Waals surface area (Å²) in [6, 6.07) is 6.81. The van der Waals surface area contributed by atoms with Gasteiger partial charge < -0.3 is 14.6 Å². The van der Waals surface area contributed by atoms with E-state index in [0.717, 1.165) is 17.6 Å². The van der Waals surface area contributed by atoms with Crippen molar-refractivity contribution in [1.82, 2.24) is 15.2 Å².